The number of aromatic hydroxyl groups is 1. The van der Waals surface area contributed by atoms with E-state index in [4.69, 9.17) is 24.1 Å². The molecule has 0 saturated carbocycles. The number of rotatable bonds is 5. The van der Waals surface area contributed by atoms with Crippen molar-refractivity contribution < 1.29 is 14.3 Å². The van der Waals surface area contributed by atoms with Crippen LogP contribution in [0.4, 0.5) is 0 Å². The molecule has 34 heavy (non-hydrogen) atoms. The number of benzene rings is 1. The van der Waals surface area contributed by atoms with Gasteiger partial charge in [-0.15, -0.1) is 0 Å². The normalized spacial score (nSPS) is 17.8. The number of ether oxygens (including phenoxy) is 1. The summed E-state index contributed by atoms with van der Waals surface area (Å²) in [5, 5.41) is 10.0. The zero-order valence-electron chi connectivity index (χ0n) is 18.9. The second-order valence-corrected chi connectivity index (χ2v) is 8.91. The number of phenolic OH excluding ortho intramolecular Hbond substituents is 1. The highest BCUT2D eigenvalue weighted by Crippen LogP contribution is 2.32. The molecule has 0 unspecified atom stereocenters. The van der Waals surface area contributed by atoms with Gasteiger partial charge < -0.3 is 18.8 Å². The summed E-state index contributed by atoms with van der Waals surface area (Å²) in [6.07, 6.45) is 8.57. The number of hydrogen-bond donors (Lipinski definition) is 1. The van der Waals surface area contributed by atoms with Crippen LogP contribution in [0.25, 0.3) is 28.1 Å². The number of hydrogen-bond acceptors (Lipinski definition) is 7. The lowest BCUT2D eigenvalue weighted by atomic mass is 10.0. The summed E-state index contributed by atoms with van der Waals surface area (Å²) in [6.45, 7) is 4.08. The van der Waals surface area contributed by atoms with E-state index in [1.165, 1.54) is 0 Å². The third-order valence-electron chi connectivity index (χ3n) is 6.70. The average Bonchev–Trinajstić information content (AvgIpc) is 3.55. The van der Waals surface area contributed by atoms with Crippen LogP contribution in [0.5, 0.6) is 5.75 Å². The fourth-order valence-corrected chi connectivity index (χ4v) is 4.90. The Morgan fingerprint density at radius 1 is 1.09 bits per heavy atom. The van der Waals surface area contributed by atoms with Crippen LogP contribution in [0, 0.1) is 0 Å². The molecule has 5 heterocycles. The zero-order chi connectivity index (χ0) is 22.9. The third kappa shape index (κ3) is 4.10. The van der Waals surface area contributed by atoms with E-state index < -0.39 is 0 Å². The van der Waals surface area contributed by atoms with Crippen LogP contribution >= 0.6 is 0 Å². The van der Waals surface area contributed by atoms with Gasteiger partial charge in [-0.1, -0.05) is 18.2 Å². The van der Waals surface area contributed by atoms with E-state index in [-0.39, 0.29) is 5.75 Å². The van der Waals surface area contributed by atoms with Crippen molar-refractivity contribution in [3.05, 3.63) is 66.5 Å². The topological polar surface area (TPSA) is 89.4 Å². The maximum absolute atomic E-state index is 10.0. The Labute approximate surface area is 197 Å². The van der Waals surface area contributed by atoms with E-state index in [0.29, 0.717) is 25.1 Å². The minimum atomic E-state index is 0.200. The molecule has 0 aliphatic carbocycles. The molecule has 2 aliphatic heterocycles. The summed E-state index contributed by atoms with van der Waals surface area (Å²) in [5.74, 6) is 1.80. The Hall–Kier alpha value is -3.49. The van der Waals surface area contributed by atoms with E-state index in [0.717, 1.165) is 72.7 Å². The van der Waals surface area contributed by atoms with Crippen LogP contribution in [0.1, 0.15) is 36.8 Å². The molecule has 8 heteroatoms. The molecule has 4 aromatic rings. The summed E-state index contributed by atoms with van der Waals surface area (Å²) in [5.41, 5.74) is 4.46. The van der Waals surface area contributed by atoms with E-state index in [2.05, 4.69) is 15.5 Å². The number of likely N-dealkylation sites (tertiary alicyclic amines) is 1. The largest absolute Gasteiger partial charge is 0.508 e. The van der Waals surface area contributed by atoms with Gasteiger partial charge in [-0.05, 0) is 49.1 Å². The molecule has 174 valence electrons. The van der Waals surface area contributed by atoms with Crippen molar-refractivity contribution in [2.75, 3.05) is 26.3 Å². The molecule has 1 N–H and O–H groups in total. The highest BCUT2D eigenvalue weighted by atomic mass is 16.5. The summed E-state index contributed by atoms with van der Waals surface area (Å²) in [4.78, 5) is 17.1. The van der Waals surface area contributed by atoms with E-state index in [9.17, 15) is 5.11 Å². The van der Waals surface area contributed by atoms with Gasteiger partial charge in [-0.25, -0.2) is 15.0 Å². The van der Waals surface area contributed by atoms with Crippen LogP contribution < -0.4 is 0 Å². The first-order valence-electron chi connectivity index (χ1n) is 11.8. The average molecular weight is 458 g/mol. The summed E-state index contributed by atoms with van der Waals surface area (Å²) >= 11 is 0. The summed E-state index contributed by atoms with van der Waals surface area (Å²) in [6, 6.07) is 11.4. The highest BCUT2D eigenvalue weighted by molar-refractivity contribution is 5.87. The predicted octanol–water partition coefficient (Wildman–Crippen LogP) is 4.43. The number of nitrogens with zero attached hydrogens (tertiary/aromatic N) is 5. The van der Waals surface area contributed by atoms with Gasteiger partial charge in [0.1, 0.15) is 17.0 Å². The number of furan rings is 1. The van der Waals surface area contributed by atoms with Gasteiger partial charge in [0.2, 0.25) is 0 Å². The van der Waals surface area contributed by atoms with Gasteiger partial charge in [0.05, 0.1) is 38.0 Å². The molecule has 0 spiro atoms. The van der Waals surface area contributed by atoms with Crippen LogP contribution in [0.3, 0.4) is 0 Å². The highest BCUT2D eigenvalue weighted by Gasteiger charge is 2.25. The molecule has 0 radical (unpaired) electrons. The Morgan fingerprint density at radius 3 is 2.76 bits per heavy atom. The lowest BCUT2D eigenvalue weighted by Crippen LogP contribution is -2.34. The van der Waals surface area contributed by atoms with Crippen molar-refractivity contribution >= 4 is 16.7 Å². The molecule has 2 aliphatic rings. The quantitative estimate of drug-likeness (QED) is 0.474. The lowest BCUT2D eigenvalue weighted by molar-refractivity contribution is 0.161. The van der Waals surface area contributed by atoms with Crippen molar-refractivity contribution in [3.63, 3.8) is 0 Å². The Balaban J connectivity index is 1.35. The fraction of sp³-hybridized carbons (Fsp3) is 0.346. The second kappa shape index (κ2) is 9.04. The number of imidazole rings is 1. The maximum atomic E-state index is 10.0. The molecule has 8 nitrogen and oxygen atoms in total. The smallest absolute Gasteiger partial charge is 0.164 e. The Morgan fingerprint density at radius 2 is 2.00 bits per heavy atom. The SMILES string of the molecule is Oc1cccc(-c2nc(C3=CCOCC3)c3ncn(C4CCN(Cc5ccco5)CC4)c3n2)c1. The second-order valence-electron chi connectivity index (χ2n) is 8.91. The minimum absolute atomic E-state index is 0.200. The first-order valence-corrected chi connectivity index (χ1v) is 11.8. The molecule has 0 amide bonds. The van der Waals surface area contributed by atoms with E-state index in [1.807, 2.05) is 30.6 Å². The van der Waals surface area contributed by atoms with Gasteiger partial charge in [-0.3, -0.25) is 4.90 Å². The summed E-state index contributed by atoms with van der Waals surface area (Å²) in [7, 11) is 0. The van der Waals surface area contributed by atoms with Crippen molar-refractivity contribution in [3.8, 4) is 17.1 Å². The molecule has 1 saturated heterocycles. The predicted molar refractivity (Wildman–Crippen MR) is 128 cm³/mol. The van der Waals surface area contributed by atoms with Crippen LogP contribution in [0.2, 0.25) is 0 Å². The van der Waals surface area contributed by atoms with Gasteiger partial charge in [0.25, 0.3) is 0 Å². The van der Waals surface area contributed by atoms with Crippen molar-refractivity contribution in [1.82, 2.24) is 24.4 Å². The van der Waals surface area contributed by atoms with Gasteiger partial charge >= 0.3 is 0 Å². The minimum Gasteiger partial charge on any atom is -0.508 e. The van der Waals surface area contributed by atoms with Crippen molar-refractivity contribution in [2.45, 2.75) is 31.8 Å². The summed E-state index contributed by atoms with van der Waals surface area (Å²) < 4.78 is 13.3. The molecule has 1 fully saturated rings. The first kappa shape index (κ1) is 21.1. The number of phenols is 1. The molecular weight excluding hydrogens is 430 g/mol. The van der Waals surface area contributed by atoms with E-state index >= 15 is 0 Å². The first-order chi connectivity index (χ1) is 16.7. The van der Waals surface area contributed by atoms with Crippen LogP contribution in [-0.2, 0) is 11.3 Å². The van der Waals surface area contributed by atoms with Gasteiger partial charge in [0.15, 0.2) is 11.5 Å². The van der Waals surface area contributed by atoms with Crippen molar-refractivity contribution in [1.29, 1.82) is 0 Å². The number of fused-ring (bicyclic) bond motifs is 1. The number of piperidine rings is 1. The monoisotopic (exact) mass is 457 g/mol. The molecular formula is C26H27N5O3. The molecule has 3 aromatic heterocycles. The van der Waals surface area contributed by atoms with E-state index in [1.54, 1.807) is 18.4 Å². The maximum Gasteiger partial charge on any atom is 0.164 e. The Bertz CT molecular complexity index is 1320. The molecule has 6 rings (SSSR count). The number of aromatic nitrogens is 4. The Kier molecular flexibility index (Phi) is 5.60. The van der Waals surface area contributed by atoms with Crippen molar-refractivity contribution in [2.24, 2.45) is 0 Å². The molecule has 1 aromatic carbocycles. The lowest BCUT2D eigenvalue weighted by Gasteiger charge is -2.32. The molecule has 0 bridgehead atoms. The van der Waals surface area contributed by atoms with Gasteiger partial charge in [-0.2, -0.15) is 0 Å². The van der Waals surface area contributed by atoms with Crippen LogP contribution in [0.15, 0.2) is 59.5 Å². The zero-order valence-corrected chi connectivity index (χ0v) is 18.9. The third-order valence-corrected chi connectivity index (χ3v) is 6.70. The van der Waals surface area contributed by atoms with Crippen LogP contribution in [-0.4, -0.2) is 55.8 Å². The molecule has 0 atom stereocenters. The standard InChI is InChI=1S/C26H27N5O3/c32-21-4-1-3-19(15-21)25-28-23(18-8-13-33-14-9-18)24-26(29-25)31(17-27-24)20-6-10-30(11-7-20)16-22-5-2-12-34-22/h1-5,8,12,15,17,20,32H,6-7,9-11,13-14,16H2. The fourth-order valence-electron chi connectivity index (χ4n) is 4.90. The van der Waals surface area contributed by atoms with Gasteiger partial charge in [0, 0.05) is 24.7 Å².